The minimum absolute atomic E-state index is 0.342. The molecule has 0 atom stereocenters. The molecular weight excluding hydrogens is 410 g/mol. The van der Waals surface area contributed by atoms with E-state index in [0.29, 0.717) is 17.9 Å². The lowest BCUT2D eigenvalue weighted by Gasteiger charge is -2.08. The second-order valence-electron chi connectivity index (χ2n) is 8.38. The summed E-state index contributed by atoms with van der Waals surface area (Å²) in [5.41, 5.74) is 4.74. The molecule has 1 aromatic heterocycles. The molecule has 0 amide bonds. The molecule has 174 valence electrons. The van der Waals surface area contributed by atoms with Crippen LogP contribution in [-0.4, -0.2) is 17.6 Å². The number of unbranched alkanes of at least 4 members (excludes halogenated alkanes) is 4. The van der Waals surface area contributed by atoms with Crippen LogP contribution in [0.2, 0.25) is 0 Å². The molecule has 0 radical (unpaired) electrons. The maximum Gasteiger partial charge on any atom is 0.343 e. The molecule has 0 spiro atoms. The van der Waals surface area contributed by atoms with Crippen LogP contribution in [0.5, 0.6) is 5.75 Å². The van der Waals surface area contributed by atoms with Crippen molar-refractivity contribution in [1.82, 2.24) is 4.98 Å². The summed E-state index contributed by atoms with van der Waals surface area (Å²) in [7, 11) is 0. The second kappa shape index (κ2) is 13.5. The summed E-state index contributed by atoms with van der Waals surface area (Å²) >= 11 is 0. The third-order valence-electron chi connectivity index (χ3n) is 5.60. The van der Waals surface area contributed by atoms with Crippen molar-refractivity contribution in [3.8, 4) is 17.0 Å². The van der Waals surface area contributed by atoms with Gasteiger partial charge in [-0.3, -0.25) is 4.98 Å². The number of hydrogen-bond donors (Lipinski definition) is 0. The van der Waals surface area contributed by atoms with Crippen LogP contribution in [0, 0.1) is 0 Å². The number of ether oxygens (including phenoxy) is 2. The van der Waals surface area contributed by atoms with E-state index in [-0.39, 0.29) is 5.97 Å². The number of carbonyl (C=O) groups excluding carboxylic acids is 1. The molecule has 0 fully saturated rings. The normalized spacial score (nSPS) is 10.8. The fraction of sp³-hybridized carbons (Fsp3) is 0.379. The SMILES string of the molecule is CCCCCCc1ccc(C(=O)Oc2ccc(-c3ccc(COCCCC)cn3)cc2)cc1. The molecule has 2 aromatic carbocycles. The number of pyridine rings is 1. The van der Waals surface area contributed by atoms with Crippen LogP contribution in [0.1, 0.15) is 73.9 Å². The van der Waals surface area contributed by atoms with Crippen molar-refractivity contribution in [3.63, 3.8) is 0 Å². The van der Waals surface area contributed by atoms with Gasteiger partial charge in [0.15, 0.2) is 0 Å². The van der Waals surface area contributed by atoms with Gasteiger partial charge in [-0.2, -0.15) is 0 Å². The fourth-order valence-corrected chi connectivity index (χ4v) is 3.54. The summed E-state index contributed by atoms with van der Waals surface area (Å²) < 4.78 is 11.2. The van der Waals surface area contributed by atoms with Gasteiger partial charge in [0.2, 0.25) is 0 Å². The summed E-state index contributed by atoms with van der Waals surface area (Å²) in [4.78, 5) is 17.0. The van der Waals surface area contributed by atoms with E-state index in [1.807, 2.05) is 54.7 Å². The molecule has 4 heteroatoms. The van der Waals surface area contributed by atoms with Gasteiger partial charge < -0.3 is 9.47 Å². The third kappa shape index (κ3) is 8.14. The van der Waals surface area contributed by atoms with Crippen molar-refractivity contribution in [2.45, 2.75) is 65.4 Å². The van der Waals surface area contributed by atoms with Crippen molar-refractivity contribution in [3.05, 3.63) is 83.6 Å². The molecule has 3 rings (SSSR count). The van der Waals surface area contributed by atoms with Crippen molar-refractivity contribution in [2.24, 2.45) is 0 Å². The quantitative estimate of drug-likeness (QED) is 0.156. The van der Waals surface area contributed by atoms with E-state index in [9.17, 15) is 4.79 Å². The van der Waals surface area contributed by atoms with Crippen LogP contribution in [0.15, 0.2) is 66.9 Å². The Bertz CT molecular complexity index is 963. The summed E-state index contributed by atoms with van der Waals surface area (Å²) in [6.07, 6.45) is 10.1. The lowest BCUT2D eigenvalue weighted by atomic mass is 10.0. The van der Waals surface area contributed by atoms with E-state index in [2.05, 4.69) is 18.8 Å². The largest absolute Gasteiger partial charge is 0.423 e. The Hall–Kier alpha value is -2.98. The molecule has 1 heterocycles. The molecule has 0 bridgehead atoms. The zero-order valence-electron chi connectivity index (χ0n) is 19.9. The summed E-state index contributed by atoms with van der Waals surface area (Å²) in [5.74, 6) is 0.180. The van der Waals surface area contributed by atoms with Crippen LogP contribution in [0.4, 0.5) is 0 Å². The van der Waals surface area contributed by atoms with E-state index in [0.717, 1.165) is 42.7 Å². The van der Waals surface area contributed by atoms with E-state index in [1.165, 1.54) is 31.2 Å². The fourth-order valence-electron chi connectivity index (χ4n) is 3.54. The van der Waals surface area contributed by atoms with Crippen molar-refractivity contribution in [2.75, 3.05) is 6.61 Å². The standard InChI is InChI=1S/C29H35NO3/c1-3-5-7-8-9-23-10-13-26(14-11-23)29(31)33-27-17-15-25(16-18-27)28-19-12-24(21-30-28)22-32-20-6-4-2/h10-19,21H,3-9,20,22H2,1-2H3. The molecule has 0 aliphatic heterocycles. The van der Waals surface area contributed by atoms with Gasteiger partial charge in [-0.15, -0.1) is 0 Å². The van der Waals surface area contributed by atoms with Gasteiger partial charge in [-0.05, 0) is 72.9 Å². The first kappa shape index (κ1) is 24.7. The highest BCUT2D eigenvalue weighted by Crippen LogP contribution is 2.22. The molecule has 33 heavy (non-hydrogen) atoms. The second-order valence-corrected chi connectivity index (χ2v) is 8.38. The Morgan fingerprint density at radius 1 is 0.788 bits per heavy atom. The summed E-state index contributed by atoms with van der Waals surface area (Å²) in [6.45, 7) is 5.73. The molecule has 0 N–H and O–H groups in total. The third-order valence-corrected chi connectivity index (χ3v) is 5.60. The molecule has 3 aromatic rings. The van der Waals surface area contributed by atoms with Crippen LogP contribution in [0.25, 0.3) is 11.3 Å². The van der Waals surface area contributed by atoms with Crippen LogP contribution < -0.4 is 4.74 Å². The van der Waals surface area contributed by atoms with Gasteiger partial charge in [0.25, 0.3) is 0 Å². The molecular formula is C29H35NO3. The monoisotopic (exact) mass is 445 g/mol. The topological polar surface area (TPSA) is 48.4 Å². The van der Waals surface area contributed by atoms with Gasteiger partial charge >= 0.3 is 5.97 Å². The van der Waals surface area contributed by atoms with E-state index >= 15 is 0 Å². The number of aryl methyl sites for hydroxylation is 1. The molecule has 0 aliphatic rings. The van der Waals surface area contributed by atoms with Gasteiger partial charge in [-0.25, -0.2) is 4.79 Å². The average Bonchev–Trinajstić information content (AvgIpc) is 2.86. The highest BCUT2D eigenvalue weighted by atomic mass is 16.5. The highest BCUT2D eigenvalue weighted by molar-refractivity contribution is 5.91. The minimum atomic E-state index is -0.342. The maximum atomic E-state index is 12.5. The van der Waals surface area contributed by atoms with Crippen molar-refractivity contribution < 1.29 is 14.3 Å². The zero-order valence-corrected chi connectivity index (χ0v) is 19.9. The lowest BCUT2D eigenvalue weighted by Crippen LogP contribution is -2.08. The Labute approximate surface area is 198 Å². The van der Waals surface area contributed by atoms with Crippen molar-refractivity contribution >= 4 is 5.97 Å². The minimum Gasteiger partial charge on any atom is -0.423 e. The predicted octanol–water partition coefficient (Wildman–Crippen LogP) is 7.41. The average molecular weight is 446 g/mol. The number of carbonyl (C=O) groups is 1. The maximum absolute atomic E-state index is 12.5. The number of benzene rings is 2. The van der Waals surface area contributed by atoms with Crippen molar-refractivity contribution in [1.29, 1.82) is 0 Å². The Morgan fingerprint density at radius 2 is 1.52 bits per heavy atom. The molecule has 0 unspecified atom stereocenters. The number of nitrogens with zero attached hydrogens (tertiary/aromatic N) is 1. The molecule has 0 saturated heterocycles. The van der Waals surface area contributed by atoms with E-state index in [1.54, 1.807) is 12.1 Å². The Balaban J connectivity index is 1.51. The van der Waals surface area contributed by atoms with E-state index in [4.69, 9.17) is 9.47 Å². The smallest absolute Gasteiger partial charge is 0.343 e. The van der Waals surface area contributed by atoms with Crippen LogP contribution >= 0.6 is 0 Å². The predicted molar refractivity (Wildman–Crippen MR) is 133 cm³/mol. The van der Waals surface area contributed by atoms with Gasteiger partial charge in [0, 0.05) is 18.4 Å². The van der Waals surface area contributed by atoms with Gasteiger partial charge in [-0.1, -0.05) is 57.7 Å². The Morgan fingerprint density at radius 3 is 2.18 bits per heavy atom. The Kier molecular flexibility index (Phi) is 10.1. The molecule has 0 aliphatic carbocycles. The lowest BCUT2D eigenvalue weighted by molar-refractivity contribution is 0.0734. The zero-order chi connectivity index (χ0) is 23.3. The van der Waals surface area contributed by atoms with Crippen LogP contribution in [-0.2, 0) is 17.8 Å². The molecule has 4 nitrogen and oxygen atoms in total. The summed E-state index contributed by atoms with van der Waals surface area (Å²) in [6, 6.07) is 19.2. The number of hydrogen-bond acceptors (Lipinski definition) is 4. The number of aromatic nitrogens is 1. The number of rotatable bonds is 13. The van der Waals surface area contributed by atoms with Gasteiger partial charge in [0.05, 0.1) is 17.9 Å². The first-order valence-corrected chi connectivity index (χ1v) is 12.1. The summed E-state index contributed by atoms with van der Waals surface area (Å²) in [5, 5.41) is 0. The first-order chi connectivity index (χ1) is 16.2. The van der Waals surface area contributed by atoms with Gasteiger partial charge in [0.1, 0.15) is 5.75 Å². The highest BCUT2D eigenvalue weighted by Gasteiger charge is 2.09. The van der Waals surface area contributed by atoms with E-state index < -0.39 is 0 Å². The first-order valence-electron chi connectivity index (χ1n) is 12.1. The molecule has 0 saturated carbocycles. The number of esters is 1. The van der Waals surface area contributed by atoms with Crippen LogP contribution in [0.3, 0.4) is 0 Å².